The fourth-order valence-electron chi connectivity index (χ4n) is 21.4. The molecule has 0 spiro atoms. The Bertz CT molecular complexity index is 8450. The molecule has 20 aromatic carbocycles. The lowest BCUT2D eigenvalue weighted by atomic mass is 9.35. The summed E-state index contributed by atoms with van der Waals surface area (Å²) in [4.78, 5) is 36.0. The molecule has 2 aliphatic heterocycles. The molecule has 0 fully saturated rings. The van der Waals surface area contributed by atoms with Gasteiger partial charge in [0.2, 0.25) is 18.6 Å². The van der Waals surface area contributed by atoms with E-state index in [9.17, 15) is 4.32 Å². The second-order valence-corrected chi connectivity index (χ2v) is 44.2. The SMILES string of the molecule is Brc1ccc([Si](c2ccccc2)(c2ccccc2)c2cccc(-c3nc(-c4ccccc4)nc(-n4c5ccccc5c5ccccc54)n3)c2)cc1.FB1c2ccccc2N(c2ccccc2)c2ccccc21.c1ccc(-c2nc(-c3cccc([Si](c4ccccc4)(c4ccccc4)c4ccc(B5c6ccccc6N(c6ccccc6)c6ccccc65)cc4)c3)nc(-n3c4ccccc4c4ccccc43)n2)cc1. The number of para-hydroxylation sites is 10. The van der Waals surface area contributed by atoms with E-state index in [-0.39, 0.29) is 6.71 Å². The van der Waals surface area contributed by atoms with E-state index < -0.39 is 23.1 Å². The number of nitrogens with zero attached hydrogens (tertiary/aromatic N) is 10. The molecule has 0 saturated carbocycles. The molecule has 0 bridgehead atoms. The molecule has 0 aliphatic carbocycles. The molecule has 0 saturated heterocycles. The van der Waals surface area contributed by atoms with E-state index in [1.54, 1.807) is 0 Å². The van der Waals surface area contributed by atoms with Gasteiger partial charge >= 0.3 is 6.99 Å². The maximum absolute atomic E-state index is 14.8. The van der Waals surface area contributed by atoms with E-state index in [0.717, 1.165) is 104 Å². The highest BCUT2D eigenvalue weighted by molar-refractivity contribution is 9.10. The van der Waals surface area contributed by atoms with Gasteiger partial charge in [0, 0.05) is 82.4 Å². The van der Waals surface area contributed by atoms with Gasteiger partial charge in [0.05, 0.1) is 22.1 Å². The van der Waals surface area contributed by atoms with Gasteiger partial charge in [0.15, 0.2) is 39.4 Å². The summed E-state index contributed by atoms with van der Waals surface area (Å²) in [6.07, 6.45) is 0. The van der Waals surface area contributed by atoms with E-state index in [1.807, 2.05) is 115 Å². The van der Waals surface area contributed by atoms with Gasteiger partial charge in [-0.1, -0.05) is 470 Å². The quantitative estimate of drug-likeness (QED) is 0.0657. The molecule has 0 atom stereocenters. The molecule has 2 aliphatic rings. The van der Waals surface area contributed by atoms with Crippen molar-refractivity contribution in [1.29, 1.82) is 0 Å². The maximum atomic E-state index is 14.8. The van der Waals surface area contributed by atoms with E-state index in [4.69, 9.17) is 29.9 Å². The Kier molecular flexibility index (Phi) is 23.5. The van der Waals surface area contributed by atoms with Crippen LogP contribution in [0.15, 0.2) is 538 Å². The summed E-state index contributed by atoms with van der Waals surface area (Å²) >= 11 is 3.69. The first-order valence-electron chi connectivity index (χ1n) is 47.9. The molecule has 10 nitrogen and oxygen atoms in total. The molecule has 0 unspecified atom stereocenters. The lowest BCUT2D eigenvalue weighted by Gasteiger charge is -2.37. The Labute approximate surface area is 834 Å². The highest BCUT2D eigenvalue weighted by atomic mass is 79.9. The Morgan fingerprint density at radius 1 is 0.211 bits per heavy atom. The summed E-state index contributed by atoms with van der Waals surface area (Å²) in [7, 11) is -5.84. The maximum Gasteiger partial charge on any atom is 0.417 e. The molecular formula is C126H88B2BrFN10Si2. The highest BCUT2D eigenvalue weighted by Crippen LogP contribution is 2.40. The van der Waals surface area contributed by atoms with Crippen molar-refractivity contribution in [3.63, 3.8) is 0 Å². The third-order valence-electron chi connectivity index (χ3n) is 27.7. The van der Waals surface area contributed by atoms with Gasteiger partial charge < -0.3 is 14.1 Å². The van der Waals surface area contributed by atoms with Crippen LogP contribution in [0.2, 0.25) is 0 Å². The van der Waals surface area contributed by atoms with Gasteiger partial charge in [-0.05, 0) is 148 Å². The minimum atomic E-state index is -3.04. The molecule has 24 aromatic rings. The van der Waals surface area contributed by atoms with Crippen LogP contribution in [0.5, 0.6) is 0 Å². The van der Waals surface area contributed by atoms with Crippen molar-refractivity contribution in [3.05, 3.63) is 538 Å². The fourth-order valence-corrected chi connectivity index (χ4v) is 31.2. The molecule has 0 amide bonds. The van der Waals surface area contributed by atoms with Crippen LogP contribution in [0.3, 0.4) is 0 Å². The number of hydrogen-bond donors (Lipinski definition) is 0. The summed E-state index contributed by atoms with van der Waals surface area (Å²) in [6, 6.07) is 189. The zero-order valence-corrected chi connectivity index (χ0v) is 80.8. The monoisotopic (exact) mass is 1920 g/mol. The van der Waals surface area contributed by atoms with Crippen LogP contribution in [0.1, 0.15) is 0 Å². The molecule has 6 heterocycles. The minimum Gasteiger partial charge on any atom is -0.322 e. The summed E-state index contributed by atoms with van der Waals surface area (Å²) < 4.78 is 20.2. The van der Waals surface area contributed by atoms with Crippen molar-refractivity contribution in [3.8, 4) is 57.4 Å². The van der Waals surface area contributed by atoms with Crippen LogP contribution in [0.25, 0.3) is 101 Å². The van der Waals surface area contributed by atoms with Gasteiger partial charge in [-0.25, -0.2) is 9.97 Å². The number of benzene rings is 20. The molecule has 16 heteroatoms. The van der Waals surface area contributed by atoms with Crippen molar-refractivity contribution in [2.24, 2.45) is 0 Å². The smallest absolute Gasteiger partial charge is 0.322 e. The van der Waals surface area contributed by atoms with Crippen molar-refractivity contribution >= 4 is 192 Å². The Balaban J connectivity index is 0.000000131. The van der Waals surface area contributed by atoms with Gasteiger partial charge in [-0.2, -0.15) is 19.9 Å². The van der Waals surface area contributed by atoms with Crippen LogP contribution in [0.4, 0.5) is 38.4 Å². The minimum absolute atomic E-state index is 0.0423. The lowest BCUT2D eigenvalue weighted by Crippen LogP contribution is -2.75. The predicted molar refractivity (Wildman–Crippen MR) is 598 cm³/mol. The molecule has 142 heavy (non-hydrogen) atoms. The topological polar surface area (TPSA) is 93.7 Å². The first kappa shape index (κ1) is 87.4. The van der Waals surface area contributed by atoms with Crippen LogP contribution in [-0.4, -0.2) is 68.9 Å². The number of fused-ring (bicyclic) bond motifs is 10. The number of halogens is 2. The first-order valence-corrected chi connectivity index (χ1v) is 52.7. The van der Waals surface area contributed by atoms with E-state index in [1.165, 1.54) is 69.3 Å². The first-order chi connectivity index (χ1) is 70.3. The molecule has 670 valence electrons. The van der Waals surface area contributed by atoms with Crippen molar-refractivity contribution in [2.45, 2.75) is 0 Å². The van der Waals surface area contributed by atoms with Crippen LogP contribution < -0.4 is 78.6 Å². The average Bonchev–Trinajstić information content (AvgIpc) is 0.763. The summed E-state index contributed by atoms with van der Waals surface area (Å²) in [6.45, 7) is -1.03. The van der Waals surface area contributed by atoms with Gasteiger partial charge in [0.1, 0.15) is 0 Å². The Hall–Kier alpha value is -17.4. The van der Waals surface area contributed by atoms with Gasteiger partial charge in [-0.3, -0.25) is 9.13 Å². The van der Waals surface area contributed by atoms with Crippen LogP contribution in [0, 0.1) is 0 Å². The second-order valence-electron chi connectivity index (χ2n) is 35.7. The fraction of sp³-hybridized carbons (Fsp3) is 0. The van der Waals surface area contributed by atoms with Crippen molar-refractivity contribution < 1.29 is 4.32 Å². The van der Waals surface area contributed by atoms with Crippen molar-refractivity contribution in [1.82, 2.24) is 39.0 Å². The van der Waals surface area contributed by atoms with Crippen LogP contribution in [-0.2, 0) is 0 Å². The lowest BCUT2D eigenvalue weighted by molar-refractivity contribution is 0.863. The van der Waals surface area contributed by atoms with Gasteiger partial charge in [0.25, 0.3) is 0 Å². The van der Waals surface area contributed by atoms with Crippen molar-refractivity contribution in [2.75, 3.05) is 9.80 Å². The van der Waals surface area contributed by atoms with Crippen LogP contribution >= 0.6 is 15.9 Å². The number of aromatic nitrogens is 8. The summed E-state index contributed by atoms with van der Waals surface area (Å²) in [5.74, 6) is 3.66. The summed E-state index contributed by atoms with van der Waals surface area (Å²) in [5.41, 5.74) is 19.6. The number of anilines is 6. The molecule has 26 rings (SSSR count). The molecular weight excluding hydrogens is 1830 g/mol. The third kappa shape index (κ3) is 15.8. The van der Waals surface area contributed by atoms with E-state index in [0.29, 0.717) is 35.2 Å². The second kappa shape index (κ2) is 38.2. The molecule has 4 aromatic heterocycles. The highest BCUT2D eigenvalue weighted by Gasteiger charge is 2.45. The largest absolute Gasteiger partial charge is 0.417 e. The molecule has 0 N–H and O–H groups in total. The van der Waals surface area contributed by atoms with E-state index in [2.05, 4.69) is 453 Å². The Morgan fingerprint density at radius 3 is 0.796 bits per heavy atom. The summed E-state index contributed by atoms with van der Waals surface area (Å²) in [5, 5.41) is 14.9. The predicted octanol–water partition coefficient (Wildman–Crippen LogP) is 22.0. The zero-order chi connectivity index (χ0) is 94.9. The third-order valence-corrected chi connectivity index (χ3v) is 37.7. The van der Waals surface area contributed by atoms with Gasteiger partial charge in [-0.15, -0.1) is 0 Å². The average molecular weight is 1920 g/mol. The Morgan fingerprint density at radius 2 is 0.458 bits per heavy atom. The normalized spacial score (nSPS) is 12.1. The number of hydrogen-bond acceptors (Lipinski definition) is 8. The molecule has 0 radical (unpaired) electrons. The zero-order valence-electron chi connectivity index (χ0n) is 77.2. The standard InChI is InChI=1S/C63H44BN5Si.C45H31BrN4Si.C18H13BFN/c1-5-22-45(23-6-1)61-65-62(67-63(66-61)69-57-36-17-13-32-53(57)54-33-14-18-37-58(54)69)46-24-21-31-52(44-46)70(49-27-9-3-10-28-49,50-29-11-4-12-30-50)51-42-40-47(41-43-51)64-55-34-15-19-38-59(55)68(48-25-7-2-8-26-48)60-39-20-16-35-56(60)64;46-34-27-29-37(30-28-34)51(35-18-6-2-7-19-35,36-20-8-3-9-21-36)38-22-14-17-33(31-38)44-47-43(32-15-4-1-5-16-32)48-45(49-44)50-41-25-12-10-23-39(41)40-24-11-13-26-42(40)50;20-19-15-10-4-6-12-17(15)21(14-8-2-1-3-9-14)18-13-7-5-11-16(18)19/h1-44H;1-31H;1-13H. The number of rotatable bonds is 17. The van der Waals surface area contributed by atoms with E-state index >= 15 is 0 Å².